The summed E-state index contributed by atoms with van der Waals surface area (Å²) in [5.74, 6) is -0.110. The lowest BCUT2D eigenvalue weighted by Gasteiger charge is -2.27. The molecule has 10 nitrogen and oxygen atoms in total. The zero-order valence-corrected chi connectivity index (χ0v) is 21.3. The van der Waals surface area contributed by atoms with Crippen LogP contribution in [0.2, 0.25) is 0 Å². The second-order valence-electron chi connectivity index (χ2n) is 9.80. The van der Waals surface area contributed by atoms with Crippen molar-refractivity contribution in [1.82, 2.24) is 20.8 Å². The van der Waals surface area contributed by atoms with Gasteiger partial charge in [0.05, 0.1) is 5.92 Å². The summed E-state index contributed by atoms with van der Waals surface area (Å²) >= 11 is 0. The van der Waals surface area contributed by atoms with Crippen molar-refractivity contribution in [1.29, 1.82) is 0 Å². The molecule has 0 spiro atoms. The van der Waals surface area contributed by atoms with E-state index in [2.05, 4.69) is 35.7 Å². The van der Waals surface area contributed by atoms with Crippen LogP contribution in [0.5, 0.6) is 5.75 Å². The molecule has 1 unspecified atom stereocenters. The summed E-state index contributed by atoms with van der Waals surface area (Å²) < 4.78 is 45.9. The summed E-state index contributed by atoms with van der Waals surface area (Å²) in [5.41, 5.74) is 0.929. The summed E-state index contributed by atoms with van der Waals surface area (Å²) in [6.45, 7) is 4.89. The van der Waals surface area contributed by atoms with E-state index in [1.807, 2.05) is 26.0 Å². The van der Waals surface area contributed by atoms with E-state index in [4.69, 9.17) is 4.52 Å². The second kappa shape index (κ2) is 11.6. The number of aromatic nitrogens is 2. The van der Waals surface area contributed by atoms with Gasteiger partial charge < -0.3 is 19.9 Å². The lowest BCUT2D eigenvalue weighted by Crippen LogP contribution is -2.40. The van der Waals surface area contributed by atoms with Crippen LogP contribution < -0.4 is 15.4 Å². The predicted octanol–water partition coefficient (Wildman–Crippen LogP) is 4.64. The zero-order valence-electron chi connectivity index (χ0n) is 21.3. The fourth-order valence-electron chi connectivity index (χ4n) is 3.83. The summed E-state index contributed by atoms with van der Waals surface area (Å²) in [7, 11) is 0. The molecule has 0 bridgehead atoms. The molecule has 13 heteroatoms. The maximum Gasteiger partial charge on any atom is 0.573 e. The minimum atomic E-state index is -4.77. The standard InChI is InChI=1S/C26H27F3N6O4/c1-25(2,15-31-23-18-6-3-4-7-19(18)24(37)34-33-23)14-30-20(36)8-5-9-21-32-22(35-39-21)16-10-12-17(13-11-16)38-26(27,28)29/h3-4,6-7,10-13,19,31H,5,8-9,14-15H2,1-2H3,(H,30,36). The summed E-state index contributed by atoms with van der Waals surface area (Å²) in [5, 5.41) is 17.7. The van der Waals surface area contributed by atoms with E-state index in [1.54, 1.807) is 12.2 Å². The fourth-order valence-corrected chi connectivity index (χ4v) is 3.83. The van der Waals surface area contributed by atoms with Gasteiger partial charge in [-0.3, -0.25) is 9.59 Å². The van der Waals surface area contributed by atoms with Crippen molar-refractivity contribution in [3.05, 3.63) is 65.9 Å². The number of ether oxygens (including phenoxy) is 1. The van der Waals surface area contributed by atoms with Gasteiger partial charge in [0.2, 0.25) is 17.6 Å². The molecule has 2 amide bonds. The predicted molar refractivity (Wildman–Crippen MR) is 133 cm³/mol. The van der Waals surface area contributed by atoms with Crippen molar-refractivity contribution in [2.24, 2.45) is 21.6 Å². The van der Waals surface area contributed by atoms with Crippen molar-refractivity contribution < 1.29 is 32.0 Å². The Morgan fingerprint density at radius 2 is 1.87 bits per heavy atom. The van der Waals surface area contributed by atoms with Crippen molar-refractivity contribution in [2.45, 2.75) is 39.5 Å². The Hall–Kier alpha value is -4.29. The number of nitrogens with one attached hydrogen (secondary N) is 2. The van der Waals surface area contributed by atoms with Crippen molar-refractivity contribution >= 4 is 11.8 Å². The number of carbonyl (C=O) groups is 2. The molecule has 206 valence electrons. The fraction of sp³-hybridized carbons (Fsp3) is 0.385. The largest absolute Gasteiger partial charge is 0.573 e. The first-order chi connectivity index (χ1) is 18.5. The number of aryl methyl sites for hydroxylation is 1. The molecule has 1 aromatic carbocycles. The molecule has 1 aliphatic carbocycles. The average Bonchev–Trinajstić information content (AvgIpc) is 3.36. The number of halogens is 3. The number of amides is 2. The first-order valence-electron chi connectivity index (χ1n) is 12.2. The van der Waals surface area contributed by atoms with E-state index in [9.17, 15) is 22.8 Å². The third-order valence-electron chi connectivity index (χ3n) is 5.92. The maximum absolute atomic E-state index is 12.4. The van der Waals surface area contributed by atoms with Crippen LogP contribution in [0, 0.1) is 11.3 Å². The van der Waals surface area contributed by atoms with Crippen LogP contribution in [0.3, 0.4) is 0 Å². The summed E-state index contributed by atoms with van der Waals surface area (Å²) in [4.78, 5) is 28.6. The molecular weight excluding hydrogens is 517 g/mol. The molecule has 2 N–H and O–H groups in total. The summed E-state index contributed by atoms with van der Waals surface area (Å²) in [6, 6.07) is 5.13. The molecule has 1 aliphatic heterocycles. The number of hydrogen-bond acceptors (Lipinski definition) is 8. The van der Waals surface area contributed by atoms with E-state index >= 15 is 0 Å². The van der Waals surface area contributed by atoms with Crippen LogP contribution in [-0.4, -0.2) is 41.4 Å². The van der Waals surface area contributed by atoms with Crippen LogP contribution in [0.25, 0.3) is 11.4 Å². The van der Waals surface area contributed by atoms with E-state index in [0.717, 1.165) is 5.57 Å². The second-order valence-corrected chi connectivity index (χ2v) is 9.80. The van der Waals surface area contributed by atoms with Gasteiger partial charge in [-0.15, -0.1) is 23.4 Å². The Labute approximate surface area is 222 Å². The highest BCUT2D eigenvalue weighted by Crippen LogP contribution is 2.28. The molecule has 0 saturated carbocycles. The highest BCUT2D eigenvalue weighted by atomic mass is 19.4. The van der Waals surface area contributed by atoms with Gasteiger partial charge in [-0.1, -0.05) is 43.3 Å². The first kappa shape index (κ1) is 27.7. The van der Waals surface area contributed by atoms with Crippen LogP contribution in [-0.2, 0) is 16.0 Å². The van der Waals surface area contributed by atoms with Crippen molar-refractivity contribution in [3.63, 3.8) is 0 Å². The topological polar surface area (TPSA) is 131 Å². The number of alkyl halides is 3. The number of nitrogens with zero attached hydrogens (tertiary/aromatic N) is 4. The maximum atomic E-state index is 12.4. The highest BCUT2D eigenvalue weighted by molar-refractivity contribution is 5.86. The number of benzene rings is 1. The van der Waals surface area contributed by atoms with Gasteiger partial charge in [-0.05, 0) is 36.1 Å². The van der Waals surface area contributed by atoms with E-state index in [-0.39, 0.29) is 35.2 Å². The van der Waals surface area contributed by atoms with Crippen molar-refractivity contribution in [2.75, 3.05) is 13.1 Å². The van der Waals surface area contributed by atoms with Crippen molar-refractivity contribution in [3.8, 4) is 17.1 Å². The third-order valence-corrected chi connectivity index (χ3v) is 5.92. The van der Waals surface area contributed by atoms with Gasteiger partial charge in [0, 0.05) is 37.1 Å². The number of allylic oxidation sites excluding steroid dienone is 3. The molecule has 2 aromatic rings. The number of fused-ring (bicyclic) bond motifs is 1. The monoisotopic (exact) mass is 544 g/mol. The Balaban J connectivity index is 1.19. The number of hydrogen-bond donors (Lipinski definition) is 2. The molecule has 0 saturated heterocycles. The van der Waals surface area contributed by atoms with Gasteiger partial charge in [-0.2, -0.15) is 4.98 Å². The van der Waals surface area contributed by atoms with Gasteiger partial charge >= 0.3 is 6.36 Å². The number of azo groups is 1. The molecule has 0 fully saturated rings. The van der Waals surface area contributed by atoms with E-state index in [0.29, 0.717) is 43.2 Å². The first-order valence-corrected chi connectivity index (χ1v) is 12.2. The van der Waals surface area contributed by atoms with Crippen LogP contribution in [0.1, 0.15) is 32.6 Å². The highest BCUT2D eigenvalue weighted by Gasteiger charge is 2.31. The van der Waals surface area contributed by atoms with E-state index in [1.165, 1.54) is 24.3 Å². The Morgan fingerprint density at radius 3 is 2.62 bits per heavy atom. The van der Waals surface area contributed by atoms with Crippen LogP contribution in [0.15, 0.2) is 74.7 Å². The smallest absolute Gasteiger partial charge is 0.406 e. The minimum absolute atomic E-state index is 0.131. The Kier molecular flexibility index (Phi) is 8.27. The summed E-state index contributed by atoms with van der Waals surface area (Å²) in [6.07, 6.45) is 3.59. The SMILES string of the molecule is CC(C)(CNC(=O)CCCc1nc(-c2ccc(OC(F)(F)F)cc2)no1)CNC1=C2C=CC=CC2C(=O)N=N1. The molecule has 4 rings (SSSR count). The average molecular weight is 545 g/mol. The lowest BCUT2D eigenvalue weighted by molar-refractivity contribution is -0.274. The van der Waals surface area contributed by atoms with Crippen LogP contribution >= 0.6 is 0 Å². The molecule has 2 aliphatic rings. The molecule has 1 aromatic heterocycles. The minimum Gasteiger partial charge on any atom is -0.406 e. The molecule has 39 heavy (non-hydrogen) atoms. The zero-order chi connectivity index (χ0) is 28.0. The Morgan fingerprint density at radius 1 is 1.10 bits per heavy atom. The molecular formula is C26H27F3N6O4. The van der Waals surface area contributed by atoms with Gasteiger partial charge in [0.1, 0.15) is 5.75 Å². The normalized spacial score (nSPS) is 16.8. The molecule has 1 atom stereocenters. The van der Waals surface area contributed by atoms with Gasteiger partial charge in [0.15, 0.2) is 5.82 Å². The lowest BCUT2D eigenvalue weighted by atomic mass is 9.91. The third kappa shape index (κ3) is 7.85. The van der Waals surface area contributed by atoms with Crippen LogP contribution in [0.4, 0.5) is 13.2 Å². The Bertz CT molecular complexity index is 1330. The molecule has 2 heterocycles. The van der Waals surface area contributed by atoms with Gasteiger partial charge in [0.25, 0.3) is 5.91 Å². The number of rotatable bonds is 11. The molecule has 0 radical (unpaired) electrons. The van der Waals surface area contributed by atoms with E-state index < -0.39 is 12.3 Å². The number of carbonyl (C=O) groups excluding carboxylic acids is 2. The quantitative estimate of drug-likeness (QED) is 0.422. The van der Waals surface area contributed by atoms with Gasteiger partial charge in [-0.25, -0.2) is 0 Å².